The summed E-state index contributed by atoms with van der Waals surface area (Å²) < 4.78 is 12.9. The molecule has 0 aromatic heterocycles. The van der Waals surface area contributed by atoms with Crippen LogP contribution >= 0.6 is 0 Å². The third-order valence-corrected chi connectivity index (χ3v) is 3.32. The molecule has 1 aliphatic heterocycles. The molecule has 1 aromatic rings. The number of nitrogens with one attached hydrogen (secondary N) is 1. The Morgan fingerprint density at radius 1 is 1.44 bits per heavy atom. The Bertz CT molecular complexity index is 424. The van der Waals surface area contributed by atoms with Crippen LogP contribution in [0.1, 0.15) is 19.8 Å². The van der Waals surface area contributed by atoms with Crippen LogP contribution in [-0.2, 0) is 0 Å². The molecule has 96 valence electrons. The summed E-state index contributed by atoms with van der Waals surface area (Å²) in [4.78, 5) is 2.22. The van der Waals surface area contributed by atoms with Gasteiger partial charge in [0.05, 0.1) is 12.5 Å². The Kier molecular flexibility index (Phi) is 4.16. The average molecular weight is 247 g/mol. The van der Waals surface area contributed by atoms with Gasteiger partial charge in [-0.3, -0.25) is 0 Å². The van der Waals surface area contributed by atoms with Gasteiger partial charge in [0.2, 0.25) is 0 Å². The van der Waals surface area contributed by atoms with E-state index in [2.05, 4.69) is 23.2 Å². The molecule has 0 aliphatic carbocycles. The number of rotatable bonds is 2. The SMILES string of the molecule is CC1CCN(c2ccc(F)cc2)CC(CC#N)N1. The lowest BCUT2D eigenvalue weighted by Gasteiger charge is -2.25. The highest BCUT2D eigenvalue weighted by Crippen LogP contribution is 2.18. The molecule has 1 aromatic carbocycles. The summed E-state index contributed by atoms with van der Waals surface area (Å²) >= 11 is 0. The van der Waals surface area contributed by atoms with Crippen molar-refractivity contribution in [1.82, 2.24) is 5.32 Å². The van der Waals surface area contributed by atoms with Crippen molar-refractivity contribution in [3.05, 3.63) is 30.1 Å². The zero-order valence-corrected chi connectivity index (χ0v) is 10.6. The zero-order chi connectivity index (χ0) is 13.0. The molecule has 18 heavy (non-hydrogen) atoms. The molecule has 1 N–H and O–H groups in total. The number of nitrogens with zero attached hydrogens (tertiary/aromatic N) is 2. The van der Waals surface area contributed by atoms with Gasteiger partial charge < -0.3 is 10.2 Å². The number of halogens is 1. The van der Waals surface area contributed by atoms with Crippen molar-refractivity contribution in [2.24, 2.45) is 0 Å². The van der Waals surface area contributed by atoms with Crippen LogP contribution in [0.5, 0.6) is 0 Å². The molecule has 1 fully saturated rings. The van der Waals surface area contributed by atoms with Crippen molar-refractivity contribution >= 4 is 5.69 Å². The minimum Gasteiger partial charge on any atom is -0.370 e. The number of hydrogen-bond donors (Lipinski definition) is 1. The average Bonchev–Trinajstić information content (AvgIpc) is 2.53. The molecule has 2 atom stereocenters. The van der Waals surface area contributed by atoms with Crippen LogP contribution in [0.2, 0.25) is 0 Å². The van der Waals surface area contributed by atoms with E-state index in [0.717, 1.165) is 25.2 Å². The van der Waals surface area contributed by atoms with Gasteiger partial charge in [-0.2, -0.15) is 5.26 Å². The Balaban J connectivity index is 2.12. The van der Waals surface area contributed by atoms with Gasteiger partial charge in [0.1, 0.15) is 5.82 Å². The molecule has 0 amide bonds. The van der Waals surface area contributed by atoms with E-state index in [1.807, 2.05) is 0 Å². The summed E-state index contributed by atoms with van der Waals surface area (Å²) in [6.07, 6.45) is 1.53. The van der Waals surface area contributed by atoms with Crippen molar-refractivity contribution in [2.75, 3.05) is 18.0 Å². The van der Waals surface area contributed by atoms with E-state index in [1.54, 1.807) is 12.1 Å². The summed E-state index contributed by atoms with van der Waals surface area (Å²) in [5.41, 5.74) is 1.02. The summed E-state index contributed by atoms with van der Waals surface area (Å²) in [6.45, 7) is 3.86. The predicted molar refractivity (Wildman–Crippen MR) is 69.8 cm³/mol. The summed E-state index contributed by atoms with van der Waals surface area (Å²) in [5.74, 6) is -0.214. The Morgan fingerprint density at radius 3 is 2.83 bits per heavy atom. The van der Waals surface area contributed by atoms with E-state index in [9.17, 15) is 4.39 Å². The van der Waals surface area contributed by atoms with Gasteiger partial charge in [0.15, 0.2) is 0 Å². The van der Waals surface area contributed by atoms with Gasteiger partial charge in [-0.25, -0.2) is 4.39 Å². The molecule has 1 saturated heterocycles. The fourth-order valence-corrected chi connectivity index (χ4v) is 2.37. The first-order valence-corrected chi connectivity index (χ1v) is 6.32. The molecule has 0 radical (unpaired) electrons. The quantitative estimate of drug-likeness (QED) is 0.871. The molecular formula is C14H18FN3. The van der Waals surface area contributed by atoms with Crippen LogP contribution in [0.25, 0.3) is 0 Å². The number of hydrogen-bond acceptors (Lipinski definition) is 3. The molecule has 1 aliphatic rings. The first-order valence-electron chi connectivity index (χ1n) is 6.32. The molecule has 0 spiro atoms. The minimum atomic E-state index is -0.214. The van der Waals surface area contributed by atoms with Gasteiger partial charge in [0.25, 0.3) is 0 Å². The van der Waals surface area contributed by atoms with Crippen LogP contribution in [0.4, 0.5) is 10.1 Å². The van der Waals surface area contributed by atoms with Crippen molar-refractivity contribution in [3.8, 4) is 6.07 Å². The maximum absolute atomic E-state index is 12.9. The van der Waals surface area contributed by atoms with E-state index in [4.69, 9.17) is 5.26 Å². The van der Waals surface area contributed by atoms with Crippen molar-refractivity contribution in [3.63, 3.8) is 0 Å². The Hall–Kier alpha value is -1.60. The van der Waals surface area contributed by atoms with Gasteiger partial charge in [0, 0.05) is 30.9 Å². The maximum Gasteiger partial charge on any atom is 0.123 e. The van der Waals surface area contributed by atoms with Crippen LogP contribution in [-0.4, -0.2) is 25.2 Å². The second-order valence-corrected chi connectivity index (χ2v) is 4.84. The largest absolute Gasteiger partial charge is 0.370 e. The number of anilines is 1. The lowest BCUT2D eigenvalue weighted by atomic mass is 10.2. The van der Waals surface area contributed by atoms with Gasteiger partial charge in [-0.05, 0) is 37.6 Å². The third kappa shape index (κ3) is 3.21. The number of nitriles is 1. The predicted octanol–water partition coefficient (Wildman–Crippen LogP) is 2.30. The van der Waals surface area contributed by atoms with Crippen LogP contribution < -0.4 is 10.2 Å². The summed E-state index contributed by atoms with van der Waals surface area (Å²) in [6, 6.07) is 9.37. The minimum absolute atomic E-state index is 0.178. The fourth-order valence-electron chi connectivity index (χ4n) is 2.37. The van der Waals surface area contributed by atoms with E-state index in [-0.39, 0.29) is 11.9 Å². The highest BCUT2D eigenvalue weighted by atomic mass is 19.1. The van der Waals surface area contributed by atoms with Crippen molar-refractivity contribution in [2.45, 2.75) is 31.8 Å². The normalized spacial score (nSPS) is 24.4. The molecular weight excluding hydrogens is 229 g/mol. The van der Waals surface area contributed by atoms with Crippen LogP contribution in [0.3, 0.4) is 0 Å². The second-order valence-electron chi connectivity index (χ2n) is 4.84. The second kappa shape index (κ2) is 5.83. The smallest absolute Gasteiger partial charge is 0.123 e. The van der Waals surface area contributed by atoms with E-state index in [0.29, 0.717) is 12.5 Å². The third-order valence-electron chi connectivity index (χ3n) is 3.32. The number of benzene rings is 1. The monoisotopic (exact) mass is 247 g/mol. The lowest BCUT2D eigenvalue weighted by Crippen LogP contribution is -2.39. The van der Waals surface area contributed by atoms with E-state index in [1.165, 1.54) is 12.1 Å². The molecule has 4 heteroatoms. The van der Waals surface area contributed by atoms with Gasteiger partial charge in [-0.15, -0.1) is 0 Å². The van der Waals surface area contributed by atoms with Crippen LogP contribution in [0.15, 0.2) is 24.3 Å². The van der Waals surface area contributed by atoms with E-state index < -0.39 is 0 Å². The first-order chi connectivity index (χ1) is 8.69. The summed E-state index contributed by atoms with van der Waals surface area (Å²) in [7, 11) is 0. The topological polar surface area (TPSA) is 39.1 Å². The molecule has 0 saturated carbocycles. The highest BCUT2D eigenvalue weighted by molar-refractivity contribution is 5.46. The zero-order valence-electron chi connectivity index (χ0n) is 10.6. The molecule has 2 unspecified atom stereocenters. The summed E-state index contributed by atoms with van der Waals surface area (Å²) in [5, 5.41) is 12.3. The Labute approximate surface area is 107 Å². The molecule has 2 rings (SSSR count). The van der Waals surface area contributed by atoms with E-state index >= 15 is 0 Å². The molecule has 0 bridgehead atoms. The standard InChI is InChI=1S/C14H18FN3/c1-11-7-9-18(10-13(17-11)6-8-16)14-4-2-12(15)3-5-14/h2-5,11,13,17H,6-7,9-10H2,1H3. The fraction of sp³-hybridized carbons (Fsp3) is 0.500. The van der Waals surface area contributed by atoms with Gasteiger partial charge >= 0.3 is 0 Å². The first kappa shape index (κ1) is 12.8. The van der Waals surface area contributed by atoms with Gasteiger partial charge in [-0.1, -0.05) is 0 Å². The highest BCUT2D eigenvalue weighted by Gasteiger charge is 2.21. The lowest BCUT2D eigenvalue weighted by molar-refractivity contribution is 0.473. The van der Waals surface area contributed by atoms with Crippen molar-refractivity contribution in [1.29, 1.82) is 5.26 Å². The van der Waals surface area contributed by atoms with Crippen LogP contribution in [0, 0.1) is 17.1 Å². The Morgan fingerprint density at radius 2 is 2.17 bits per heavy atom. The van der Waals surface area contributed by atoms with Crippen molar-refractivity contribution < 1.29 is 4.39 Å². The molecule has 3 nitrogen and oxygen atoms in total. The maximum atomic E-state index is 12.9. The molecule has 1 heterocycles.